The van der Waals surface area contributed by atoms with Crippen molar-refractivity contribution in [3.8, 4) is 0 Å². The smallest absolute Gasteiger partial charge is 0.352 e. The molecule has 5 heteroatoms. The van der Waals surface area contributed by atoms with Crippen LogP contribution in [-0.2, 0) is 4.74 Å². The van der Waals surface area contributed by atoms with E-state index in [9.17, 15) is 13.2 Å². The van der Waals surface area contributed by atoms with Crippen LogP contribution in [0.4, 0.5) is 13.2 Å². The van der Waals surface area contributed by atoms with Crippen LogP contribution in [0.2, 0.25) is 0 Å². The molecule has 0 aromatic heterocycles. The lowest BCUT2D eigenvalue weighted by molar-refractivity contribution is -0.212. The number of alkyl halides is 3. The van der Waals surface area contributed by atoms with Gasteiger partial charge in [0.1, 0.15) is 0 Å². The van der Waals surface area contributed by atoms with Gasteiger partial charge in [-0.2, -0.15) is 13.2 Å². The van der Waals surface area contributed by atoms with Crippen LogP contribution in [0.5, 0.6) is 0 Å². The van der Waals surface area contributed by atoms with Gasteiger partial charge in [-0.15, -0.1) is 0 Å². The Balaban J connectivity index is 2.46. The Morgan fingerprint density at radius 3 is 2.25 bits per heavy atom. The average Bonchev–Trinajstić information content (AvgIpc) is 2.30. The summed E-state index contributed by atoms with van der Waals surface area (Å²) < 4.78 is 40.6. The van der Waals surface area contributed by atoms with Crippen molar-refractivity contribution in [3.63, 3.8) is 0 Å². The number of halogens is 3. The quantitative estimate of drug-likeness (QED) is 0.665. The molecule has 12 heavy (non-hydrogen) atoms. The van der Waals surface area contributed by atoms with Crippen LogP contribution in [0.15, 0.2) is 0 Å². The number of rotatable bonds is 1. The van der Waals surface area contributed by atoms with Crippen LogP contribution in [0.1, 0.15) is 13.8 Å². The van der Waals surface area contributed by atoms with Gasteiger partial charge in [-0.25, -0.2) is 0 Å². The summed E-state index contributed by atoms with van der Waals surface area (Å²) in [7, 11) is 0. The lowest BCUT2D eigenvalue weighted by atomic mass is 10.1. The Labute approximate surface area is 69.1 Å². The fourth-order valence-corrected chi connectivity index (χ4v) is 1.06. The van der Waals surface area contributed by atoms with Crippen LogP contribution >= 0.6 is 0 Å². The highest BCUT2D eigenvalue weighted by atomic mass is 19.4. The molecule has 2 atom stereocenters. The number of hydrogen-bond acceptors (Lipinski definition) is 2. The monoisotopic (exact) mass is 183 g/mol. The number of ether oxygens (including phenoxy) is 1. The van der Waals surface area contributed by atoms with Gasteiger partial charge in [0.2, 0.25) is 6.23 Å². The molecule has 1 rings (SSSR count). The third-order valence-electron chi connectivity index (χ3n) is 1.91. The second-order valence-corrected chi connectivity index (χ2v) is 3.27. The Hall–Kier alpha value is -0.290. The Kier molecular flexibility index (Phi) is 2.63. The van der Waals surface area contributed by atoms with Crippen molar-refractivity contribution < 1.29 is 17.9 Å². The van der Waals surface area contributed by atoms with E-state index in [1.54, 1.807) is 0 Å². The first-order valence-corrected chi connectivity index (χ1v) is 3.85. The molecule has 1 heterocycles. The predicted molar refractivity (Wildman–Crippen MR) is 37.6 cm³/mol. The van der Waals surface area contributed by atoms with E-state index in [2.05, 4.69) is 10.1 Å². The fraction of sp³-hybridized carbons (Fsp3) is 1.00. The number of hydrogen-bond donors (Lipinski definition) is 1. The number of nitrogens with one attached hydrogen (secondary N) is 1. The largest absolute Gasteiger partial charge is 0.428 e. The van der Waals surface area contributed by atoms with E-state index in [0.29, 0.717) is 0 Å². The molecule has 0 bridgehead atoms. The van der Waals surface area contributed by atoms with Gasteiger partial charge in [0, 0.05) is 6.04 Å². The van der Waals surface area contributed by atoms with E-state index in [0.717, 1.165) is 0 Å². The Bertz CT molecular complexity index is 157. The summed E-state index contributed by atoms with van der Waals surface area (Å²) in [4.78, 5) is 0. The molecule has 1 aliphatic rings. The van der Waals surface area contributed by atoms with Crippen LogP contribution in [0, 0.1) is 5.92 Å². The van der Waals surface area contributed by atoms with Gasteiger partial charge in [0.15, 0.2) is 0 Å². The molecule has 1 fully saturated rings. The van der Waals surface area contributed by atoms with Crippen molar-refractivity contribution in [2.75, 3.05) is 6.61 Å². The molecular formula is C7H12F3NO. The molecule has 0 aromatic rings. The zero-order valence-corrected chi connectivity index (χ0v) is 6.98. The van der Waals surface area contributed by atoms with Gasteiger partial charge >= 0.3 is 6.18 Å². The molecule has 2 nitrogen and oxygen atoms in total. The van der Waals surface area contributed by atoms with Gasteiger partial charge in [0.25, 0.3) is 0 Å². The maximum atomic E-state index is 12.0. The SMILES string of the molecule is CC(C)[C@H]1COC(C(F)(F)F)N1. The first kappa shape index (κ1) is 9.80. The first-order chi connectivity index (χ1) is 5.41. The van der Waals surface area contributed by atoms with Gasteiger partial charge in [0.05, 0.1) is 6.61 Å². The van der Waals surface area contributed by atoms with Gasteiger partial charge in [-0.05, 0) is 5.92 Å². The van der Waals surface area contributed by atoms with Crippen molar-refractivity contribution in [1.82, 2.24) is 5.32 Å². The van der Waals surface area contributed by atoms with Gasteiger partial charge in [-0.1, -0.05) is 13.8 Å². The maximum absolute atomic E-state index is 12.0. The summed E-state index contributed by atoms with van der Waals surface area (Å²) in [6.07, 6.45) is -6.06. The lowest BCUT2D eigenvalue weighted by Gasteiger charge is -2.16. The third kappa shape index (κ3) is 2.10. The van der Waals surface area contributed by atoms with Crippen molar-refractivity contribution in [1.29, 1.82) is 0 Å². The summed E-state index contributed by atoms with van der Waals surface area (Å²) in [6.45, 7) is 3.86. The summed E-state index contributed by atoms with van der Waals surface area (Å²) in [5.74, 6) is 0.164. The Morgan fingerprint density at radius 1 is 1.42 bits per heavy atom. The molecule has 0 amide bonds. The lowest BCUT2D eigenvalue weighted by Crippen LogP contribution is -2.42. The van der Waals surface area contributed by atoms with Crippen LogP contribution in [0.3, 0.4) is 0 Å². The molecule has 1 aliphatic heterocycles. The molecule has 1 N–H and O–H groups in total. The van der Waals surface area contributed by atoms with Gasteiger partial charge < -0.3 is 4.74 Å². The normalized spacial score (nSPS) is 31.5. The second kappa shape index (κ2) is 3.22. The summed E-state index contributed by atoms with van der Waals surface area (Å²) in [5, 5.41) is 2.38. The average molecular weight is 183 g/mol. The van der Waals surface area contributed by atoms with Crippen LogP contribution in [-0.4, -0.2) is 25.1 Å². The summed E-state index contributed by atoms with van der Waals surface area (Å²) >= 11 is 0. The zero-order valence-electron chi connectivity index (χ0n) is 6.98. The highest BCUT2D eigenvalue weighted by molar-refractivity contribution is 4.81. The molecule has 0 aliphatic carbocycles. The van der Waals surface area contributed by atoms with Crippen LogP contribution in [0.25, 0.3) is 0 Å². The summed E-state index contributed by atoms with van der Waals surface area (Å²) in [6, 6.07) is -0.184. The van der Waals surface area contributed by atoms with E-state index in [1.807, 2.05) is 13.8 Å². The fourth-order valence-electron chi connectivity index (χ4n) is 1.06. The van der Waals surface area contributed by atoms with E-state index >= 15 is 0 Å². The molecule has 0 aromatic carbocycles. The van der Waals surface area contributed by atoms with Crippen molar-refractivity contribution in [2.45, 2.75) is 32.3 Å². The molecule has 0 spiro atoms. The summed E-state index contributed by atoms with van der Waals surface area (Å²) in [5.41, 5.74) is 0. The third-order valence-corrected chi connectivity index (χ3v) is 1.91. The highest BCUT2D eigenvalue weighted by Gasteiger charge is 2.45. The molecule has 0 saturated carbocycles. The molecule has 0 radical (unpaired) electrons. The highest BCUT2D eigenvalue weighted by Crippen LogP contribution is 2.25. The predicted octanol–water partition coefficient (Wildman–Crippen LogP) is 1.52. The maximum Gasteiger partial charge on any atom is 0.428 e. The van der Waals surface area contributed by atoms with Gasteiger partial charge in [-0.3, -0.25) is 5.32 Å². The van der Waals surface area contributed by atoms with Crippen LogP contribution < -0.4 is 5.32 Å². The van der Waals surface area contributed by atoms with Crippen molar-refractivity contribution in [2.24, 2.45) is 5.92 Å². The molecule has 1 unspecified atom stereocenters. The zero-order chi connectivity index (χ0) is 9.35. The minimum absolute atomic E-state index is 0.141. The minimum Gasteiger partial charge on any atom is -0.352 e. The molecular weight excluding hydrogens is 171 g/mol. The Morgan fingerprint density at radius 2 is 2.00 bits per heavy atom. The standard InChI is InChI=1S/C7H12F3NO/c1-4(2)5-3-12-6(11-5)7(8,9)10/h4-6,11H,3H2,1-2H3/t5-,6?/m1/s1. The molecule has 72 valence electrons. The van der Waals surface area contributed by atoms with E-state index in [1.165, 1.54) is 0 Å². The van der Waals surface area contributed by atoms with Crippen molar-refractivity contribution in [3.05, 3.63) is 0 Å². The van der Waals surface area contributed by atoms with E-state index < -0.39 is 12.4 Å². The molecule has 1 saturated heterocycles. The van der Waals surface area contributed by atoms with Crippen molar-refractivity contribution >= 4 is 0 Å². The second-order valence-electron chi connectivity index (χ2n) is 3.27. The minimum atomic E-state index is -4.29. The van der Waals surface area contributed by atoms with E-state index in [4.69, 9.17) is 0 Å². The topological polar surface area (TPSA) is 21.3 Å². The first-order valence-electron chi connectivity index (χ1n) is 3.85. The van der Waals surface area contributed by atoms with E-state index in [-0.39, 0.29) is 18.6 Å².